The minimum atomic E-state index is -1.79. The van der Waals surface area contributed by atoms with Crippen LogP contribution < -0.4 is 5.32 Å². The zero-order valence-electron chi connectivity index (χ0n) is 45.2. The van der Waals surface area contributed by atoms with E-state index in [0.717, 1.165) is 116 Å². The lowest BCUT2D eigenvalue weighted by Crippen LogP contribution is -2.65. The molecule has 0 bridgehead atoms. The molecule has 0 spiro atoms. The fraction of sp³-hybridized carbons (Fsp3) is 0.623. The van der Waals surface area contributed by atoms with Crippen LogP contribution in [0.2, 0.25) is 0 Å². The predicted octanol–water partition coefficient (Wildman–Crippen LogP) is 8.82. The number of unbranched alkanes of at least 4 members (excludes halogenated alkanes) is 6. The van der Waals surface area contributed by atoms with E-state index in [0.29, 0.717) is 12.8 Å². The molecule has 2 heterocycles. The van der Waals surface area contributed by atoms with Crippen molar-refractivity contribution in [1.82, 2.24) is 5.32 Å². The molecule has 14 nitrogen and oxygen atoms in total. The van der Waals surface area contributed by atoms with Gasteiger partial charge in [-0.1, -0.05) is 180 Å². The summed E-state index contributed by atoms with van der Waals surface area (Å²) in [5, 5.41) is 86.3. The highest BCUT2D eigenvalue weighted by molar-refractivity contribution is 5.76. The molecule has 424 valence electrons. The molecule has 2 rings (SSSR count). The van der Waals surface area contributed by atoms with Crippen LogP contribution in [0.3, 0.4) is 0 Å². The van der Waals surface area contributed by atoms with Crippen LogP contribution in [0.25, 0.3) is 0 Å². The molecule has 2 fully saturated rings. The number of hydrogen-bond acceptors (Lipinski definition) is 13. The van der Waals surface area contributed by atoms with Crippen molar-refractivity contribution in [2.24, 2.45) is 0 Å². The highest BCUT2D eigenvalue weighted by Gasteiger charge is 2.51. The average molecular weight is 1050 g/mol. The number of carbonyl (C=O) groups is 1. The Morgan fingerprint density at radius 3 is 1.37 bits per heavy atom. The van der Waals surface area contributed by atoms with E-state index in [2.05, 4.69) is 153 Å². The van der Waals surface area contributed by atoms with Gasteiger partial charge >= 0.3 is 0 Å². The smallest absolute Gasteiger partial charge is 0.220 e. The van der Waals surface area contributed by atoms with Crippen molar-refractivity contribution in [3.63, 3.8) is 0 Å². The topological polar surface area (TPSA) is 228 Å². The third-order valence-electron chi connectivity index (χ3n) is 12.6. The summed E-state index contributed by atoms with van der Waals surface area (Å²) < 4.78 is 22.6. The maximum atomic E-state index is 13.1. The number of hydrogen-bond donors (Lipinski definition) is 9. The summed E-state index contributed by atoms with van der Waals surface area (Å²) in [6.45, 7) is 2.54. The number of allylic oxidation sites excluding steroid dienone is 22. The largest absolute Gasteiger partial charge is 0.394 e. The number of aliphatic hydroxyl groups is 8. The summed E-state index contributed by atoms with van der Waals surface area (Å²) in [7, 11) is 0. The van der Waals surface area contributed by atoms with Gasteiger partial charge in [-0.2, -0.15) is 0 Å². The van der Waals surface area contributed by atoms with Gasteiger partial charge < -0.3 is 65.1 Å². The van der Waals surface area contributed by atoms with Crippen LogP contribution in [0, 0.1) is 0 Å². The normalized spacial score (nSPS) is 26.1. The SMILES string of the molecule is CC/C=C\C/C=C\C/C=C\C/C=C\C/C=C\C/C=C\C/C=C\C/C=C\C/C=C\C/C=C\C/C=C\CCCCCC(=O)NC(COC1OC(CO)C(OC2OC(CO)C(O)C(O)C2O)C(O)C1O)C(O)CCCCCC. The van der Waals surface area contributed by atoms with E-state index in [1.807, 2.05) is 0 Å². The van der Waals surface area contributed by atoms with Crippen molar-refractivity contribution >= 4 is 5.91 Å². The highest BCUT2D eigenvalue weighted by atomic mass is 16.7. The van der Waals surface area contributed by atoms with Crippen molar-refractivity contribution in [2.75, 3.05) is 19.8 Å². The third-order valence-corrected chi connectivity index (χ3v) is 12.6. The van der Waals surface area contributed by atoms with Gasteiger partial charge in [-0.05, 0) is 96.3 Å². The Hall–Kier alpha value is -3.87. The van der Waals surface area contributed by atoms with Crippen molar-refractivity contribution in [3.8, 4) is 0 Å². The molecule has 0 radical (unpaired) electrons. The van der Waals surface area contributed by atoms with Gasteiger partial charge in [0.25, 0.3) is 0 Å². The molecule has 0 aliphatic carbocycles. The first kappa shape index (κ1) is 67.2. The lowest BCUT2D eigenvalue weighted by molar-refractivity contribution is -0.359. The second kappa shape index (κ2) is 45.2. The van der Waals surface area contributed by atoms with E-state index in [1.54, 1.807) is 0 Å². The maximum absolute atomic E-state index is 13.1. The second-order valence-electron chi connectivity index (χ2n) is 19.0. The van der Waals surface area contributed by atoms with Crippen molar-refractivity contribution in [1.29, 1.82) is 0 Å². The Bertz CT molecular complexity index is 1760. The van der Waals surface area contributed by atoms with E-state index in [1.165, 1.54) is 0 Å². The molecular formula is C61H97NO13. The maximum Gasteiger partial charge on any atom is 0.220 e. The van der Waals surface area contributed by atoms with Crippen molar-refractivity contribution < 1.29 is 64.6 Å². The lowest BCUT2D eigenvalue weighted by atomic mass is 9.97. The zero-order valence-corrected chi connectivity index (χ0v) is 45.2. The van der Waals surface area contributed by atoms with E-state index in [-0.39, 0.29) is 18.9 Å². The summed E-state index contributed by atoms with van der Waals surface area (Å²) >= 11 is 0. The molecule has 75 heavy (non-hydrogen) atoms. The molecule has 2 aliphatic rings. The number of aliphatic hydroxyl groups excluding tert-OH is 8. The molecule has 0 aromatic heterocycles. The van der Waals surface area contributed by atoms with Crippen LogP contribution in [0.15, 0.2) is 134 Å². The summed E-state index contributed by atoms with van der Waals surface area (Å²) in [4.78, 5) is 13.1. The molecule has 0 saturated carbocycles. The van der Waals surface area contributed by atoms with E-state index in [4.69, 9.17) is 18.9 Å². The first-order chi connectivity index (χ1) is 36.6. The quantitative estimate of drug-likeness (QED) is 0.0206. The van der Waals surface area contributed by atoms with Crippen LogP contribution in [-0.4, -0.2) is 140 Å². The van der Waals surface area contributed by atoms with Crippen molar-refractivity contribution in [3.05, 3.63) is 134 Å². The van der Waals surface area contributed by atoms with Gasteiger partial charge in [-0.25, -0.2) is 0 Å². The monoisotopic (exact) mass is 1050 g/mol. The standard InChI is InChI=1S/C61H97NO13/c1-3-5-7-9-10-11-12-13-14-15-16-17-18-19-20-21-22-23-24-25-26-27-28-29-30-31-32-33-34-35-36-37-38-39-40-41-43-45-53(66)62-49(50(65)44-42-8-6-4-2)48-72-60-58(71)56(69)59(52(47-64)74-60)75-61-57(70)55(68)54(67)51(46-63)73-61/h5,7,10-11,13-14,16-17,19-20,22-23,25-26,28-29,31-32,34-35,37-38,49-52,54-61,63-65,67-71H,3-4,6,8-9,12,15,18,21,24,27,30,33,36,39-48H2,1-2H3,(H,62,66)/b7-5-,11-10-,14-13-,17-16-,20-19-,23-22-,26-25-,29-28-,32-31-,35-34-,38-37-. The Balaban J connectivity index is 1.59. The summed E-state index contributed by atoms with van der Waals surface area (Å²) in [5.74, 6) is -0.256. The van der Waals surface area contributed by atoms with Gasteiger partial charge in [0.05, 0.1) is 32.0 Å². The number of ether oxygens (including phenoxy) is 4. The highest BCUT2D eigenvalue weighted by Crippen LogP contribution is 2.30. The minimum absolute atomic E-state index is 0.252. The minimum Gasteiger partial charge on any atom is -0.394 e. The number of carbonyl (C=O) groups excluding carboxylic acids is 1. The molecule has 12 unspecified atom stereocenters. The number of amides is 1. The molecule has 1 amide bonds. The van der Waals surface area contributed by atoms with Gasteiger partial charge in [-0.3, -0.25) is 4.79 Å². The first-order valence-corrected chi connectivity index (χ1v) is 27.9. The number of rotatable bonds is 41. The predicted molar refractivity (Wildman–Crippen MR) is 299 cm³/mol. The molecule has 2 saturated heterocycles. The van der Waals surface area contributed by atoms with E-state index >= 15 is 0 Å². The molecule has 12 atom stereocenters. The molecular weight excluding hydrogens is 955 g/mol. The molecule has 9 N–H and O–H groups in total. The molecule has 0 aromatic rings. The fourth-order valence-corrected chi connectivity index (χ4v) is 8.12. The summed E-state index contributed by atoms with van der Waals surface area (Å²) in [6, 6.07) is -0.852. The van der Waals surface area contributed by atoms with Gasteiger partial charge in [-0.15, -0.1) is 0 Å². The van der Waals surface area contributed by atoms with E-state index < -0.39 is 86.8 Å². The van der Waals surface area contributed by atoms with Gasteiger partial charge in [0.2, 0.25) is 5.91 Å². The van der Waals surface area contributed by atoms with Gasteiger partial charge in [0.1, 0.15) is 48.8 Å². The molecule has 2 aliphatic heterocycles. The first-order valence-electron chi connectivity index (χ1n) is 27.9. The van der Waals surface area contributed by atoms with Crippen LogP contribution in [0.4, 0.5) is 0 Å². The Morgan fingerprint density at radius 2 is 0.920 bits per heavy atom. The molecule has 0 aromatic carbocycles. The Labute approximate surface area is 450 Å². The van der Waals surface area contributed by atoms with Gasteiger partial charge in [0, 0.05) is 6.42 Å². The van der Waals surface area contributed by atoms with E-state index in [9.17, 15) is 45.6 Å². The van der Waals surface area contributed by atoms with Gasteiger partial charge in [0.15, 0.2) is 12.6 Å². The Kier molecular flexibility index (Phi) is 40.5. The zero-order chi connectivity index (χ0) is 54.6. The number of nitrogens with one attached hydrogen (secondary N) is 1. The fourth-order valence-electron chi connectivity index (χ4n) is 8.12. The summed E-state index contributed by atoms with van der Waals surface area (Å²) in [5.41, 5.74) is 0. The van der Waals surface area contributed by atoms with Crippen LogP contribution in [-0.2, 0) is 23.7 Å². The average Bonchev–Trinajstić information content (AvgIpc) is 3.41. The third kappa shape index (κ3) is 31.2. The lowest BCUT2D eigenvalue weighted by Gasteiger charge is -2.46. The Morgan fingerprint density at radius 1 is 0.493 bits per heavy atom. The van der Waals surface area contributed by atoms with Crippen molar-refractivity contribution in [2.45, 2.75) is 222 Å². The van der Waals surface area contributed by atoms with Crippen LogP contribution >= 0.6 is 0 Å². The summed E-state index contributed by atoms with van der Waals surface area (Å²) in [6.07, 6.45) is 49.9. The van der Waals surface area contributed by atoms with Crippen LogP contribution in [0.1, 0.15) is 149 Å². The van der Waals surface area contributed by atoms with Crippen LogP contribution in [0.5, 0.6) is 0 Å². The second-order valence-corrected chi connectivity index (χ2v) is 19.0. The molecule has 14 heteroatoms.